The van der Waals surface area contributed by atoms with Gasteiger partial charge >= 0.3 is 0 Å². The number of nitrogens with two attached hydrogens (primary N) is 1. The van der Waals surface area contributed by atoms with E-state index in [0.29, 0.717) is 19.1 Å². The van der Waals surface area contributed by atoms with Crippen molar-refractivity contribution in [3.05, 3.63) is 0 Å². The van der Waals surface area contributed by atoms with E-state index in [-0.39, 0.29) is 29.4 Å². The topological polar surface area (TPSA) is 101 Å². The molecule has 5 aliphatic rings. The zero-order valence-electron chi connectivity index (χ0n) is 17.7. The maximum atomic E-state index is 13.3. The van der Waals surface area contributed by atoms with E-state index in [1.165, 1.54) is 32.4 Å². The first-order chi connectivity index (χ1) is 14.6. The molecule has 30 heavy (non-hydrogen) atoms. The highest BCUT2D eigenvalue weighted by Gasteiger charge is 2.47. The number of hydrazine groups is 1. The highest BCUT2D eigenvalue weighted by Crippen LogP contribution is 2.26. The molecule has 6 unspecified atom stereocenters. The Morgan fingerprint density at radius 1 is 1.07 bits per heavy atom. The van der Waals surface area contributed by atoms with Gasteiger partial charge in [0.15, 0.2) is 0 Å². The van der Waals surface area contributed by atoms with Gasteiger partial charge in [0.2, 0.25) is 5.91 Å². The van der Waals surface area contributed by atoms with Gasteiger partial charge in [0.1, 0.15) is 0 Å². The van der Waals surface area contributed by atoms with Crippen molar-refractivity contribution in [2.24, 2.45) is 11.7 Å². The number of nitrogens with zero attached hydrogens (tertiary/aromatic N) is 3. The Morgan fingerprint density at radius 3 is 2.60 bits per heavy atom. The van der Waals surface area contributed by atoms with E-state index in [4.69, 9.17) is 17.3 Å². The van der Waals surface area contributed by atoms with E-state index >= 15 is 0 Å². The van der Waals surface area contributed by atoms with Gasteiger partial charge in [0, 0.05) is 44.8 Å². The third-order valence-corrected chi connectivity index (χ3v) is 8.06. The standard InChI is InChI=1S/C20H37ClN8O/c21-13-10-24-19-17(18(22)26-29(19)12-13)20(30)25-15-11-23-5-2-16(15)28-8-3-14(4-9-28)27-6-1-7-27/h13-19,23-24,26H,1-12,22H2,(H,25,30). The summed E-state index contributed by atoms with van der Waals surface area (Å²) in [5.41, 5.74) is 9.53. The molecular formula is C20H37ClN8O. The summed E-state index contributed by atoms with van der Waals surface area (Å²) in [5.74, 6) is -0.286. The Bertz CT molecular complexity index is 614. The van der Waals surface area contributed by atoms with Crippen LogP contribution in [0.4, 0.5) is 0 Å². The lowest BCUT2D eigenvalue weighted by molar-refractivity contribution is -0.128. The summed E-state index contributed by atoms with van der Waals surface area (Å²) in [6, 6.07) is 1.29. The Balaban J connectivity index is 1.19. The lowest BCUT2D eigenvalue weighted by atomic mass is 9.92. The lowest BCUT2D eigenvalue weighted by Crippen LogP contribution is -2.64. The molecule has 0 spiro atoms. The first-order valence-corrected chi connectivity index (χ1v) is 12.2. The molecule has 5 rings (SSSR count). The second-order valence-corrected chi connectivity index (χ2v) is 10.2. The predicted octanol–water partition coefficient (Wildman–Crippen LogP) is -1.74. The summed E-state index contributed by atoms with van der Waals surface area (Å²) in [5, 5.41) is 12.3. The number of hydrogen-bond donors (Lipinski definition) is 5. The number of hydrogen-bond acceptors (Lipinski definition) is 8. The summed E-state index contributed by atoms with van der Waals surface area (Å²) in [6.45, 7) is 8.06. The fraction of sp³-hybridized carbons (Fsp3) is 0.950. The molecule has 0 radical (unpaired) electrons. The van der Waals surface area contributed by atoms with E-state index in [9.17, 15) is 4.79 Å². The Kier molecular flexibility index (Phi) is 6.51. The molecule has 6 N–H and O–H groups in total. The molecule has 0 aromatic carbocycles. The Hall–Kier alpha value is -0.520. The van der Waals surface area contributed by atoms with E-state index < -0.39 is 6.17 Å². The third-order valence-electron chi connectivity index (χ3n) is 7.77. The van der Waals surface area contributed by atoms with Gasteiger partial charge in [-0.1, -0.05) is 0 Å². The molecule has 6 atom stereocenters. The Labute approximate surface area is 184 Å². The van der Waals surface area contributed by atoms with Crippen LogP contribution in [0.25, 0.3) is 0 Å². The van der Waals surface area contributed by atoms with Crippen molar-refractivity contribution < 1.29 is 4.79 Å². The molecule has 0 bridgehead atoms. The molecule has 5 saturated heterocycles. The maximum Gasteiger partial charge on any atom is 0.229 e. The smallest absolute Gasteiger partial charge is 0.229 e. The van der Waals surface area contributed by atoms with Gasteiger partial charge in [-0.15, -0.1) is 11.6 Å². The number of amides is 1. The van der Waals surface area contributed by atoms with Gasteiger partial charge in [-0.3, -0.25) is 15.0 Å². The van der Waals surface area contributed by atoms with Crippen LogP contribution in [0.2, 0.25) is 0 Å². The number of carbonyl (C=O) groups is 1. The van der Waals surface area contributed by atoms with Crippen molar-refractivity contribution in [3.8, 4) is 0 Å². The summed E-state index contributed by atoms with van der Waals surface area (Å²) in [6.07, 6.45) is 4.45. The molecule has 5 fully saturated rings. The van der Waals surface area contributed by atoms with Gasteiger partial charge in [-0.2, -0.15) is 0 Å². The average molecular weight is 441 g/mol. The van der Waals surface area contributed by atoms with Gasteiger partial charge in [0.25, 0.3) is 0 Å². The van der Waals surface area contributed by atoms with Crippen molar-refractivity contribution in [1.82, 2.24) is 36.2 Å². The van der Waals surface area contributed by atoms with Crippen LogP contribution in [-0.4, -0.2) is 109 Å². The number of alkyl halides is 1. The van der Waals surface area contributed by atoms with E-state index in [0.717, 1.165) is 38.6 Å². The third kappa shape index (κ3) is 4.23. The van der Waals surface area contributed by atoms with Crippen LogP contribution < -0.4 is 27.1 Å². The molecule has 10 heteroatoms. The molecule has 170 valence electrons. The monoisotopic (exact) mass is 440 g/mol. The summed E-state index contributed by atoms with van der Waals surface area (Å²) < 4.78 is 0. The van der Waals surface area contributed by atoms with Crippen LogP contribution in [0.15, 0.2) is 0 Å². The van der Waals surface area contributed by atoms with E-state index in [2.05, 4.69) is 31.2 Å². The fourth-order valence-corrected chi connectivity index (χ4v) is 6.21. The van der Waals surface area contributed by atoms with Gasteiger partial charge in [-0.05, 0) is 45.3 Å². The van der Waals surface area contributed by atoms with Gasteiger partial charge < -0.3 is 21.3 Å². The first-order valence-electron chi connectivity index (χ1n) is 11.7. The van der Waals surface area contributed by atoms with Crippen molar-refractivity contribution in [2.75, 3.05) is 52.4 Å². The predicted molar refractivity (Wildman–Crippen MR) is 117 cm³/mol. The minimum Gasteiger partial charge on any atom is -0.350 e. The molecule has 1 amide bonds. The molecule has 0 aromatic heterocycles. The lowest BCUT2D eigenvalue weighted by Gasteiger charge is -2.47. The second kappa shape index (κ2) is 9.15. The van der Waals surface area contributed by atoms with Crippen molar-refractivity contribution in [1.29, 1.82) is 0 Å². The fourth-order valence-electron chi connectivity index (χ4n) is 5.98. The quantitative estimate of drug-likeness (QED) is 0.328. The molecule has 0 aromatic rings. The minimum atomic E-state index is -0.397. The van der Waals surface area contributed by atoms with Crippen molar-refractivity contribution in [2.45, 2.75) is 61.5 Å². The van der Waals surface area contributed by atoms with Crippen LogP contribution in [0.5, 0.6) is 0 Å². The minimum absolute atomic E-state index is 0.0221. The van der Waals surface area contributed by atoms with Gasteiger partial charge in [-0.25, -0.2) is 10.4 Å². The zero-order valence-corrected chi connectivity index (χ0v) is 18.5. The van der Waals surface area contributed by atoms with E-state index in [1.807, 2.05) is 5.01 Å². The average Bonchev–Trinajstić information content (AvgIpc) is 3.02. The maximum absolute atomic E-state index is 13.3. The molecule has 0 aliphatic carbocycles. The summed E-state index contributed by atoms with van der Waals surface area (Å²) in [7, 11) is 0. The molecule has 9 nitrogen and oxygen atoms in total. The molecular weight excluding hydrogens is 404 g/mol. The van der Waals surface area contributed by atoms with Crippen molar-refractivity contribution >= 4 is 17.5 Å². The van der Waals surface area contributed by atoms with Crippen LogP contribution in [0.3, 0.4) is 0 Å². The highest BCUT2D eigenvalue weighted by atomic mass is 35.5. The summed E-state index contributed by atoms with van der Waals surface area (Å²) in [4.78, 5) is 18.6. The highest BCUT2D eigenvalue weighted by molar-refractivity contribution is 6.21. The molecule has 5 heterocycles. The number of halogens is 1. The number of carbonyl (C=O) groups excluding carboxylic acids is 1. The van der Waals surface area contributed by atoms with Gasteiger partial charge in [0.05, 0.1) is 29.7 Å². The first kappa shape index (κ1) is 21.3. The largest absolute Gasteiger partial charge is 0.350 e. The van der Waals surface area contributed by atoms with Crippen LogP contribution in [0, 0.1) is 5.92 Å². The Morgan fingerprint density at radius 2 is 1.87 bits per heavy atom. The number of fused-ring (bicyclic) bond motifs is 1. The summed E-state index contributed by atoms with van der Waals surface area (Å²) >= 11 is 6.26. The number of rotatable bonds is 4. The van der Waals surface area contributed by atoms with Crippen LogP contribution >= 0.6 is 11.6 Å². The number of likely N-dealkylation sites (tertiary alicyclic amines) is 2. The number of nitrogens with one attached hydrogen (secondary N) is 4. The molecule has 0 saturated carbocycles. The number of piperidine rings is 2. The van der Waals surface area contributed by atoms with Crippen LogP contribution in [-0.2, 0) is 4.79 Å². The van der Waals surface area contributed by atoms with Crippen LogP contribution in [0.1, 0.15) is 25.7 Å². The van der Waals surface area contributed by atoms with Crippen molar-refractivity contribution in [3.63, 3.8) is 0 Å². The SMILES string of the molecule is NC1NN2CC(Cl)CNC2C1C(=O)NC1CNCCC1N1CCC(N2CCC2)CC1. The zero-order chi connectivity index (χ0) is 20.7. The molecule has 5 aliphatic heterocycles. The second-order valence-electron chi connectivity index (χ2n) is 9.62. The normalized spacial score (nSPS) is 41.9. The van der Waals surface area contributed by atoms with E-state index in [1.54, 1.807) is 0 Å².